The van der Waals surface area contributed by atoms with Gasteiger partial charge in [-0.25, -0.2) is 5.48 Å². The number of hydrogen-bond donors (Lipinski definition) is 2. The number of hydrogen-bond acceptors (Lipinski definition) is 5. The molecule has 2 amide bonds. The second-order valence-electron chi connectivity index (χ2n) is 3.55. The summed E-state index contributed by atoms with van der Waals surface area (Å²) < 4.78 is 10.3. The summed E-state index contributed by atoms with van der Waals surface area (Å²) in [6, 6.07) is 6.98. The molecule has 7 nitrogen and oxygen atoms in total. The van der Waals surface area contributed by atoms with Gasteiger partial charge in [-0.15, -0.1) is 0 Å². The Balaban J connectivity index is 2.18. The van der Waals surface area contributed by atoms with Gasteiger partial charge in [0.1, 0.15) is 11.5 Å². The number of nitrogens with two attached hydrogens (primary N) is 1. The maximum absolute atomic E-state index is 11.2. The first-order chi connectivity index (χ1) is 9.11. The van der Waals surface area contributed by atoms with Crippen molar-refractivity contribution in [3.05, 3.63) is 24.3 Å². The fraction of sp³-hybridized carbons (Fsp3) is 0.333. The third-order valence-electron chi connectivity index (χ3n) is 2.06. The highest BCUT2D eigenvalue weighted by Gasteiger charge is 2.03. The number of methoxy groups -OCH3 is 1. The fourth-order valence-corrected chi connectivity index (χ4v) is 1.17. The minimum absolute atomic E-state index is 0.102. The van der Waals surface area contributed by atoms with Crippen molar-refractivity contribution < 1.29 is 23.9 Å². The van der Waals surface area contributed by atoms with Crippen molar-refractivity contribution in [2.24, 2.45) is 5.73 Å². The van der Waals surface area contributed by atoms with Crippen LogP contribution in [-0.2, 0) is 14.4 Å². The number of primary amides is 1. The van der Waals surface area contributed by atoms with E-state index in [1.807, 2.05) is 0 Å². The molecule has 104 valence electrons. The molecule has 0 aliphatic carbocycles. The number of benzene rings is 1. The average Bonchev–Trinajstić information content (AvgIpc) is 2.39. The van der Waals surface area contributed by atoms with Crippen LogP contribution >= 0.6 is 0 Å². The molecule has 1 aromatic carbocycles. The Morgan fingerprint density at radius 2 is 1.84 bits per heavy atom. The SMILES string of the molecule is COc1ccc(OCCC(=O)NOCC(N)=O)cc1. The number of hydroxylamine groups is 1. The van der Waals surface area contributed by atoms with Crippen LogP contribution in [0, 0.1) is 0 Å². The van der Waals surface area contributed by atoms with Crippen LogP contribution in [-0.4, -0.2) is 32.1 Å². The molecule has 0 saturated heterocycles. The zero-order valence-corrected chi connectivity index (χ0v) is 10.5. The van der Waals surface area contributed by atoms with E-state index in [9.17, 15) is 9.59 Å². The molecule has 0 fully saturated rings. The molecule has 0 heterocycles. The van der Waals surface area contributed by atoms with Crippen molar-refractivity contribution in [3.63, 3.8) is 0 Å². The van der Waals surface area contributed by atoms with E-state index in [-0.39, 0.29) is 19.6 Å². The van der Waals surface area contributed by atoms with Gasteiger partial charge in [-0.3, -0.25) is 14.4 Å². The van der Waals surface area contributed by atoms with Crippen LogP contribution in [0.5, 0.6) is 11.5 Å². The zero-order chi connectivity index (χ0) is 14.1. The van der Waals surface area contributed by atoms with Gasteiger partial charge in [0.25, 0.3) is 0 Å². The molecular weight excluding hydrogens is 252 g/mol. The lowest BCUT2D eigenvalue weighted by atomic mass is 10.3. The van der Waals surface area contributed by atoms with Crippen molar-refractivity contribution in [2.45, 2.75) is 6.42 Å². The van der Waals surface area contributed by atoms with Crippen LogP contribution in [0.15, 0.2) is 24.3 Å². The van der Waals surface area contributed by atoms with E-state index < -0.39 is 11.8 Å². The molecule has 19 heavy (non-hydrogen) atoms. The first-order valence-electron chi connectivity index (χ1n) is 5.57. The van der Waals surface area contributed by atoms with E-state index in [1.54, 1.807) is 31.4 Å². The first-order valence-corrected chi connectivity index (χ1v) is 5.57. The van der Waals surface area contributed by atoms with Crippen molar-refractivity contribution in [3.8, 4) is 11.5 Å². The number of carbonyl (C=O) groups is 2. The smallest absolute Gasteiger partial charge is 0.246 e. The number of carbonyl (C=O) groups excluding carboxylic acids is 2. The Morgan fingerprint density at radius 3 is 2.42 bits per heavy atom. The van der Waals surface area contributed by atoms with Gasteiger partial charge in [0.05, 0.1) is 20.1 Å². The third-order valence-corrected chi connectivity index (χ3v) is 2.06. The van der Waals surface area contributed by atoms with E-state index >= 15 is 0 Å². The Morgan fingerprint density at radius 1 is 1.21 bits per heavy atom. The van der Waals surface area contributed by atoms with E-state index in [0.29, 0.717) is 5.75 Å². The molecule has 0 aliphatic rings. The van der Waals surface area contributed by atoms with Gasteiger partial charge in [0.2, 0.25) is 11.8 Å². The Hall–Kier alpha value is -2.28. The number of ether oxygens (including phenoxy) is 2. The number of amides is 2. The van der Waals surface area contributed by atoms with Crippen LogP contribution in [0.25, 0.3) is 0 Å². The molecule has 1 aromatic rings. The van der Waals surface area contributed by atoms with Gasteiger partial charge < -0.3 is 15.2 Å². The van der Waals surface area contributed by atoms with Gasteiger partial charge in [-0.05, 0) is 24.3 Å². The van der Waals surface area contributed by atoms with Gasteiger partial charge in [0.15, 0.2) is 6.61 Å². The third kappa shape index (κ3) is 6.27. The van der Waals surface area contributed by atoms with Crippen LogP contribution in [0.3, 0.4) is 0 Å². The van der Waals surface area contributed by atoms with Gasteiger partial charge >= 0.3 is 0 Å². The van der Waals surface area contributed by atoms with E-state index in [4.69, 9.17) is 15.2 Å². The van der Waals surface area contributed by atoms with Crippen molar-refractivity contribution in [1.82, 2.24) is 5.48 Å². The van der Waals surface area contributed by atoms with Crippen LogP contribution in [0.4, 0.5) is 0 Å². The molecule has 0 aliphatic heterocycles. The highest BCUT2D eigenvalue weighted by Crippen LogP contribution is 2.16. The van der Waals surface area contributed by atoms with Crippen LogP contribution in [0.2, 0.25) is 0 Å². The molecule has 0 bridgehead atoms. The molecule has 0 saturated carbocycles. The van der Waals surface area contributed by atoms with Gasteiger partial charge in [-0.1, -0.05) is 0 Å². The summed E-state index contributed by atoms with van der Waals surface area (Å²) in [5.74, 6) is 0.307. The number of rotatable bonds is 8. The Labute approximate surface area is 110 Å². The van der Waals surface area contributed by atoms with Crippen LogP contribution in [0.1, 0.15) is 6.42 Å². The highest BCUT2D eigenvalue weighted by atomic mass is 16.7. The van der Waals surface area contributed by atoms with E-state index in [2.05, 4.69) is 10.3 Å². The second-order valence-corrected chi connectivity index (χ2v) is 3.55. The number of nitrogens with one attached hydrogen (secondary N) is 1. The summed E-state index contributed by atoms with van der Waals surface area (Å²) in [6.07, 6.45) is 0.102. The van der Waals surface area contributed by atoms with Crippen molar-refractivity contribution in [2.75, 3.05) is 20.3 Å². The normalized spacial score (nSPS) is 9.74. The van der Waals surface area contributed by atoms with E-state index in [0.717, 1.165) is 5.75 Å². The monoisotopic (exact) mass is 268 g/mol. The Kier molecular flexibility index (Phi) is 6.17. The standard InChI is InChI=1S/C12H16N2O5/c1-17-9-2-4-10(5-3-9)18-7-6-12(16)14-19-8-11(13)15/h2-5H,6-8H2,1H3,(H2,13,15)(H,14,16). The molecule has 3 N–H and O–H groups in total. The van der Waals surface area contributed by atoms with Crippen molar-refractivity contribution >= 4 is 11.8 Å². The molecule has 0 radical (unpaired) electrons. The van der Waals surface area contributed by atoms with Crippen molar-refractivity contribution in [1.29, 1.82) is 0 Å². The zero-order valence-electron chi connectivity index (χ0n) is 10.5. The molecule has 1 rings (SSSR count). The lowest BCUT2D eigenvalue weighted by Gasteiger charge is -2.07. The molecular formula is C12H16N2O5. The maximum Gasteiger partial charge on any atom is 0.246 e. The second kappa shape index (κ2) is 7.93. The summed E-state index contributed by atoms with van der Waals surface area (Å²) in [5.41, 5.74) is 6.91. The molecule has 0 atom stereocenters. The molecule has 0 aromatic heterocycles. The molecule has 7 heteroatoms. The Bertz CT molecular complexity index is 419. The highest BCUT2D eigenvalue weighted by molar-refractivity contribution is 5.76. The predicted octanol–water partition coefficient (Wildman–Crippen LogP) is -0.00280. The summed E-state index contributed by atoms with van der Waals surface area (Å²) in [4.78, 5) is 26.1. The summed E-state index contributed by atoms with van der Waals surface area (Å²) in [7, 11) is 1.58. The molecule has 0 spiro atoms. The predicted molar refractivity (Wildman–Crippen MR) is 66.4 cm³/mol. The lowest BCUT2D eigenvalue weighted by molar-refractivity contribution is -0.138. The minimum Gasteiger partial charge on any atom is -0.497 e. The first kappa shape index (κ1) is 14.8. The summed E-state index contributed by atoms with van der Waals surface area (Å²) in [5, 5.41) is 0. The van der Waals surface area contributed by atoms with E-state index in [1.165, 1.54) is 0 Å². The maximum atomic E-state index is 11.2. The quantitative estimate of drug-likeness (QED) is 0.646. The summed E-state index contributed by atoms with van der Waals surface area (Å²) in [6.45, 7) is -0.164. The molecule has 0 unspecified atom stereocenters. The summed E-state index contributed by atoms with van der Waals surface area (Å²) >= 11 is 0. The largest absolute Gasteiger partial charge is 0.497 e. The van der Waals surface area contributed by atoms with Crippen LogP contribution < -0.4 is 20.7 Å². The van der Waals surface area contributed by atoms with Gasteiger partial charge in [-0.2, -0.15) is 0 Å². The fourth-order valence-electron chi connectivity index (χ4n) is 1.17. The minimum atomic E-state index is -0.658. The van der Waals surface area contributed by atoms with Gasteiger partial charge in [0, 0.05) is 0 Å². The topological polar surface area (TPSA) is 99.9 Å². The average molecular weight is 268 g/mol. The lowest BCUT2D eigenvalue weighted by Crippen LogP contribution is -2.30.